The summed E-state index contributed by atoms with van der Waals surface area (Å²) in [6.07, 6.45) is -0.267. The fraction of sp³-hybridized carbons (Fsp3) is 1.00. The molecular weight excluding hydrogens is 138 g/mol. The Morgan fingerprint density at radius 1 is 0.909 bits per heavy atom. The molecule has 0 saturated heterocycles. The largest absolute Gasteiger partial charge is 0.392 e. The highest BCUT2D eigenvalue weighted by molar-refractivity contribution is 4.73. The molecule has 0 amide bonds. The van der Waals surface area contributed by atoms with E-state index in [9.17, 15) is 5.11 Å². The van der Waals surface area contributed by atoms with E-state index in [1.165, 1.54) is 0 Å². The second-order valence-corrected chi connectivity index (χ2v) is 3.73. The smallest absolute Gasteiger partial charge is 0.0662 e. The maximum Gasteiger partial charge on any atom is 0.0662 e. The fourth-order valence-electron chi connectivity index (χ4n) is 0.746. The minimum Gasteiger partial charge on any atom is -0.392 e. The van der Waals surface area contributed by atoms with Gasteiger partial charge in [-0.1, -0.05) is 13.8 Å². The molecule has 2 heteroatoms. The lowest BCUT2D eigenvalue weighted by Crippen LogP contribution is -2.43. The van der Waals surface area contributed by atoms with Gasteiger partial charge in [-0.3, -0.25) is 0 Å². The highest BCUT2D eigenvalue weighted by Gasteiger charge is 2.13. The van der Waals surface area contributed by atoms with Crippen molar-refractivity contribution < 1.29 is 5.11 Å². The molecule has 0 saturated carbocycles. The van der Waals surface area contributed by atoms with E-state index < -0.39 is 0 Å². The van der Waals surface area contributed by atoms with Crippen LogP contribution in [0.4, 0.5) is 0 Å². The van der Waals surface area contributed by atoms with Gasteiger partial charge in [0.1, 0.15) is 0 Å². The van der Waals surface area contributed by atoms with Crippen LogP contribution in [0.15, 0.2) is 0 Å². The summed E-state index contributed by atoms with van der Waals surface area (Å²) >= 11 is 0. The Hall–Kier alpha value is -0.0800. The van der Waals surface area contributed by atoms with Gasteiger partial charge in [-0.05, 0) is 26.7 Å². The zero-order valence-electron chi connectivity index (χ0n) is 8.26. The molecule has 0 aliphatic heterocycles. The maximum atomic E-state index is 9.19. The van der Waals surface area contributed by atoms with Crippen LogP contribution in [0, 0.1) is 5.92 Å². The van der Waals surface area contributed by atoms with E-state index in [4.69, 9.17) is 0 Å². The lowest BCUT2D eigenvalue weighted by molar-refractivity contribution is 0.142. The lowest BCUT2D eigenvalue weighted by Gasteiger charge is -2.24. The summed E-state index contributed by atoms with van der Waals surface area (Å²) in [6.45, 7) is 10.3. The van der Waals surface area contributed by atoms with Crippen LogP contribution < -0.4 is 5.32 Å². The summed E-state index contributed by atoms with van der Waals surface area (Å²) < 4.78 is 0. The molecule has 2 N–H and O–H groups in total. The number of hydrogen-bond donors (Lipinski definition) is 2. The van der Waals surface area contributed by atoms with E-state index in [0.717, 1.165) is 0 Å². The first-order valence-corrected chi connectivity index (χ1v) is 4.39. The van der Waals surface area contributed by atoms with Crippen molar-refractivity contribution in [3.05, 3.63) is 0 Å². The van der Waals surface area contributed by atoms with Gasteiger partial charge in [-0.15, -0.1) is 0 Å². The third-order valence-electron chi connectivity index (χ3n) is 2.25. The van der Waals surface area contributed by atoms with Gasteiger partial charge in [0.25, 0.3) is 0 Å². The molecule has 0 aromatic heterocycles. The molecule has 2 nitrogen and oxygen atoms in total. The molecule has 3 atom stereocenters. The summed E-state index contributed by atoms with van der Waals surface area (Å²) in [7, 11) is 0. The van der Waals surface area contributed by atoms with Crippen molar-refractivity contribution in [3.8, 4) is 0 Å². The van der Waals surface area contributed by atoms with E-state index in [2.05, 4.69) is 26.1 Å². The van der Waals surface area contributed by atoms with Crippen LogP contribution >= 0.6 is 0 Å². The summed E-state index contributed by atoms with van der Waals surface area (Å²) in [5.41, 5.74) is 0. The SMILES string of the molecule is CC(C)C(C)NC(C)C(C)O. The molecule has 0 aliphatic rings. The Labute approximate surface area is 70.0 Å². The predicted molar refractivity (Wildman–Crippen MR) is 48.6 cm³/mol. The second kappa shape index (κ2) is 4.73. The second-order valence-electron chi connectivity index (χ2n) is 3.73. The molecule has 0 fully saturated rings. The standard InChI is InChI=1S/C9H21NO/c1-6(2)7(3)10-8(4)9(5)11/h6-11H,1-5H3. The first kappa shape index (κ1) is 10.9. The summed E-state index contributed by atoms with van der Waals surface area (Å²) in [5, 5.41) is 12.5. The van der Waals surface area contributed by atoms with Gasteiger partial charge >= 0.3 is 0 Å². The molecule has 0 aromatic carbocycles. The Morgan fingerprint density at radius 2 is 1.36 bits per heavy atom. The number of hydrogen-bond acceptors (Lipinski definition) is 2. The van der Waals surface area contributed by atoms with Crippen LogP contribution in [0.5, 0.6) is 0 Å². The number of nitrogens with one attached hydrogen (secondary N) is 1. The Balaban J connectivity index is 3.66. The van der Waals surface area contributed by atoms with E-state index in [0.29, 0.717) is 12.0 Å². The predicted octanol–water partition coefficient (Wildman–Crippen LogP) is 1.39. The van der Waals surface area contributed by atoms with Crippen molar-refractivity contribution in [1.29, 1.82) is 0 Å². The van der Waals surface area contributed by atoms with Gasteiger partial charge in [0.2, 0.25) is 0 Å². The molecule has 0 heterocycles. The fourth-order valence-corrected chi connectivity index (χ4v) is 0.746. The zero-order valence-corrected chi connectivity index (χ0v) is 8.26. The molecule has 11 heavy (non-hydrogen) atoms. The van der Waals surface area contributed by atoms with Crippen LogP contribution in [0.25, 0.3) is 0 Å². The number of aliphatic hydroxyl groups is 1. The highest BCUT2D eigenvalue weighted by Crippen LogP contribution is 2.02. The topological polar surface area (TPSA) is 32.3 Å². The van der Waals surface area contributed by atoms with Gasteiger partial charge in [0, 0.05) is 12.1 Å². The first-order chi connectivity index (χ1) is 4.95. The molecule has 3 unspecified atom stereocenters. The van der Waals surface area contributed by atoms with Gasteiger partial charge in [0.05, 0.1) is 6.10 Å². The highest BCUT2D eigenvalue weighted by atomic mass is 16.3. The summed E-state index contributed by atoms with van der Waals surface area (Å²) in [4.78, 5) is 0. The van der Waals surface area contributed by atoms with E-state index in [-0.39, 0.29) is 12.1 Å². The van der Waals surface area contributed by atoms with Crippen LogP contribution in [0.2, 0.25) is 0 Å². The van der Waals surface area contributed by atoms with E-state index in [1.54, 1.807) is 0 Å². The van der Waals surface area contributed by atoms with Crippen molar-refractivity contribution in [2.24, 2.45) is 5.92 Å². The Morgan fingerprint density at radius 3 is 1.64 bits per heavy atom. The minimum atomic E-state index is -0.267. The minimum absolute atomic E-state index is 0.187. The first-order valence-electron chi connectivity index (χ1n) is 4.39. The summed E-state index contributed by atoms with van der Waals surface area (Å²) in [6, 6.07) is 0.659. The van der Waals surface area contributed by atoms with Crippen LogP contribution in [0.1, 0.15) is 34.6 Å². The van der Waals surface area contributed by atoms with Gasteiger partial charge in [-0.2, -0.15) is 0 Å². The van der Waals surface area contributed by atoms with Crippen LogP contribution in [-0.4, -0.2) is 23.3 Å². The van der Waals surface area contributed by atoms with Gasteiger partial charge in [0.15, 0.2) is 0 Å². The van der Waals surface area contributed by atoms with E-state index in [1.807, 2.05) is 13.8 Å². The maximum absolute atomic E-state index is 9.19. The molecular formula is C9H21NO. The average molecular weight is 159 g/mol. The van der Waals surface area contributed by atoms with Crippen molar-refractivity contribution in [1.82, 2.24) is 5.32 Å². The van der Waals surface area contributed by atoms with Crippen LogP contribution in [-0.2, 0) is 0 Å². The normalized spacial score (nSPS) is 19.9. The van der Waals surface area contributed by atoms with Crippen molar-refractivity contribution in [2.45, 2.75) is 52.8 Å². The molecule has 0 rings (SSSR count). The monoisotopic (exact) mass is 159 g/mol. The number of aliphatic hydroxyl groups excluding tert-OH is 1. The third kappa shape index (κ3) is 4.38. The van der Waals surface area contributed by atoms with Crippen LogP contribution in [0.3, 0.4) is 0 Å². The molecule has 68 valence electrons. The molecule has 0 bridgehead atoms. The third-order valence-corrected chi connectivity index (χ3v) is 2.25. The molecule has 0 radical (unpaired) electrons. The van der Waals surface area contributed by atoms with Gasteiger partial charge < -0.3 is 10.4 Å². The number of rotatable bonds is 4. The Kier molecular flexibility index (Phi) is 4.69. The van der Waals surface area contributed by atoms with Crippen molar-refractivity contribution in [3.63, 3.8) is 0 Å². The Bertz CT molecular complexity index is 89.7. The molecule has 0 spiro atoms. The molecule has 0 aliphatic carbocycles. The zero-order chi connectivity index (χ0) is 9.02. The van der Waals surface area contributed by atoms with Gasteiger partial charge in [-0.25, -0.2) is 0 Å². The average Bonchev–Trinajstić information content (AvgIpc) is 1.87. The summed E-state index contributed by atoms with van der Waals surface area (Å²) in [5.74, 6) is 0.621. The lowest BCUT2D eigenvalue weighted by atomic mass is 10.0. The van der Waals surface area contributed by atoms with Crippen molar-refractivity contribution in [2.75, 3.05) is 0 Å². The quantitative estimate of drug-likeness (QED) is 0.649. The van der Waals surface area contributed by atoms with Crippen molar-refractivity contribution >= 4 is 0 Å². The molecule has 0 aromatic rings. The van der Waals surface area contributed by atoms with E-state index >= 15 is 0 Å².